The van der Waals surface area contributed by atoms with Gasteiger partial charge in [0.15, 0.2) is 0 Å². The molecule has 8 aromatic rings. The maximum atomic E-state index is 12.3. The molecule has 0 saturated heterocycles. The summed E-state index contributed by atoms with van der Waals surface area (Å²) in [6.07, 6.45) is 15.5. The molecule has 3 N–H and O–H groups in total. The van der Waals surface area contributed by atoms with Gasteiger partial charge in [-0.1, -0.05) is 65.8 Å². The number of esters is 1. The topological polar surface area (TPSA) is 201 Å². The van der Waals surface area contributed by atoms with Gasteiger partial charge in [-0.15, -0.1) is 22.7 Å². The highest BCUT2D eigenvalue weighted by Crippen LogP contribution is 2.33. The van der Waals surface area contributed by atoms with Crippen LogP contribution in [0, 0.1) is 13.8 Å². The fraction of sp³-hybridized carbons (Fsp3) is 0.358. The predicted molar refractivity (Wildman–Crippen MR) is 281 cm³/mol. The number of benzene rings is 2. The summed E-state index contributed by atoms with van der Waals surface area (Å²) in [5.74, 6) is -0.151. The molecule has 0 fully saturated rings. The Morgan fingerprint density at radius 2 is 1.07 bits per heavy atom. The van der Waals surface area contributed by atoms with E-state index in [1.807, 2.05) is 38.6 Å². The van der Waals surface area contributed by atoms with Crippen LogP contribution in [0.3, 0.4) is 0 Å². The Morgan fingerprint density at radius 3 is 1.45 bits per heavy atom. The van der Waals surface area contributed by atoms with Gasteiger partial charge >= 0.3 is 11.9 Å². The summed E-state index contributed by atoms with van der Waals surface area (Å²) in [7, 11) is 5.14. The minimum Gasteiger partial charge on any atom is -0.477 e. The zero-order valence-electron chi connectivity index (χ0n) is 42.3. The van der Waals surface area contributed by atoms with E-state index in [0.29, 0.717) is 33.8 Å². The standard InChI is InChI=1S/C27H32N6O2S.C26H30N6O2S/c1-17-14-19(21-12-13-28-26(32-21)30-20-15-29-33(5)16-20)11-10-18(17)8-7-9-22-23(24(34)35-6)36-25(31-22)27(2,3)4;1-16-13-18(20-11-12-27-25(31-20)29-19-14-28-32(5)15-19)10-9-17(16)7-6-8-21-22(23(33)34)35-24(30-21)26(2,3)4/h10-16H,7-9H2,1-6H3,(H,28,30,32);9-15H,6-8H2,1-5H3,(H,33,34)(H,27,29,31). The largest absolute Gasteiger partial charge is 0.477 e. The van der Waals surface area contributed by atoms with Crippen molar-refractivity contribution in [2.45, 2.75) is 105 Å². The first-order chi connectivity index (χ1) is 33.7. The van der Waals surface area contributed by atoms with Crippen molar-refractivity contribution < 1.29 is 19.4 Å². The zero-order chi connectivity index (χ0) is 51.0. The van der Waals surface area contributed by atoms with Crippen LogP contribution in [-0.2, 0) is 55.3 Å². The van der Waals surface area contributed by atoms with Crippen molar-refractivity contribution in [3.63, 3.8) is 0 Å². The van der Waals surface area contributed by atoms with Crippen LogP contribution in [0.15, 0.2) is 85.7 Å². The van der Waals surface area contributed by atoms with E-state index in [1.165, 1.54) is 52.0 Å². The number of aromatic nitrogens is 10. The normalized spacial score (nSPS) is 11.5. The Bertz CT molecular complexity index is 3140. The van der Waals surface area contributed by atoms with E-state index < -0.39 is 5.97 Å². The average molecular weight is 995 g/mol. The highest BCUT2D eigenvalue weighted by molar-refractivity contribution is 7.14. The summed E-state index contributed by atoms with van der Waals surface area (Å²) in [5, 5.41) is 26.1. The van der Waals surface area contributed by atoms with Gasteiger partial charge in [0.05, 0.1) is 63.7 Å². The van der Waals surface area contributed by atoms with E-state index in [-0.39, 0.29) is 16.8 Å². The Labute approximate surface area is 423 Å². The number of carboxylic acids is 1. The van der Waals surface area contributed by atoms with E-state index in [9.17, 15) is 14.7 Å². The number of hydrogen-bond donors (Lipinski definition) is 3. The predicted octanol–water partition coefficient (Wildman–Crippen LogP) is 11.2. The Kier molecular flexibility index (Phi) is 16.2. The molecule has 8 rings (SSSR count). The molecule has 16 nitrogen and oxygen atoms in total. The van der Waals surface area contributed by atoms with Crippen molar-refractivity contribution in [3.8, 4) is 22.5 Å². The summed E-state index contributed by atoms with van der Waals surface area (Å²) in [4.78, 5) is 52.4. The smallest absolute Gasteiger partial charge is 0.349 e. The van der Waals surface area contributed by atoms with E-state index in [4.69, 9.17) is 9.72 Å². The molecular weight excluding hydrogens is 933 g/mol. The molecule has 0 aliphatic carbocycles. The van der Waals surface area contributed by atoms with Gasteiger partial charge < -0.3 is 20.5 Å². The van der Waals surface area contributed by atoms with Crippen molar-refractivity contribution in [2.24, 2.45) is 14.1 Å². The third kappa shape index (κ3) is 13.6. The van der Waals surface area contributed by atoms with Crippen LogP contribution in [-0.4, -0.2) is 73.6 Å². The van der Waals surface area contributed by atoms with Crippen LogP contribution in [0.25, 0.3) is 22.5 Å². The number of ether oxygens (including phenoxy) is 1. The van der Waals surface area contributed by atoms with Gasteiger partial charge in [-0.3, -0.25) is 9.36 Å². The van der Waals surface area contributed by atoms with Gasteiger partial charge in [-0.25, -0.2) is 39.5 Å². The van der Waals surface area contributed by atoms with Crippen LogP contribution in [0.2, 0.25) is 0 Å². The van der Waals surface area contributed by atoms with Crippen LogP contribution >= 0.6 is 22.7 Å². The number of rotatable bonds is 16. The first-order valence-corrected chi connectivity index (χ1v) is 25.1. The molecule has 0 aliphatic heterocycles. The number of anilines is 4. The highest BCUT2D eigenvalue weighted by atomic mass is 32.1. The highest BCUT2D eigenvalue weighted by Gasteiger charge is 2.26. The quantitative estimate of drug-likeness (QED) is 0.0772. The molecular formula is C53H62N12O4S2. The molecule has 2 aromatic carbocycles. The number of nitrogens with zero attached hydrogens (tertiary/aromatic N) is 10. The third-order valence-corrected chi connectivity index (χ3v) is 14.5. The number of aryl methyl sites for hydroxylation is 8. The maximum Gasteiger partial charge on any atom is 0.349 e. The van der Waals surface area contributed by atoms with Crippen LogP contribution in [0.1, 0.15) is 117 Å². The van der Waals surface area contributed by atoms with Gasteiger partial charge in [0, 0.05) is 60.8 Å². The van der Waals surface area contributed by atoms with Crippen molar-refractivity contribution in [1.82, 2.24) is 49.5 Å². The summed E-state index contributed by atoms with van der Waals surface area (Å²) >= 11 is 2.74. The average Bonchev–Trinajstić information content (AvgIpc) is 4.15. The summed E-state index contributed by atoms with van der Waals surface area (Å²) < 4.78 is 8.44. The molecule has 71 heavy (non-hydrogen) atoms. The Balaban J connectivity index is 0.000000209. The van der Waals surface area contributed by atoms with Crippen LogP contribution in [0.5, 0.6) is 0 Å². The van der Waals surface area contributed by atoms with E-state index in [0.717, 1.165) is 81.7 Å². The number of thiazole rings is 2. The van der Waals surface area contributed by atoms with Gasteiger partial charge in [-0.05, 0) is 98.9 Å². The van der Waals surface area contributed by atoms with Crippen molar-refractivity contribution in [1.29, 1.82) is 0 Å². The SMILES string of the molecule is COC(=O)c1sc(C(C)(C)C)nc1CCCc1ccc(-c2ccnc(Nc3cnn(C)c3)n2)cc1C.Cc1cc(-c2ccnc(Nc3cnn(C)c3)n2)ccc1CCCc1nc(C(C)(C)C)sc1C(=O)O. The second kappa shape index (κ2) is 22.3. The van der Waals surface area contributed by atoms with Gasteiger partial charge in [0.1, 0.15) is 9.75 Å². The molecule has 370 valence electrons. The van der Waals surface area contributed by atoms with Crippen molar-refractivity contribution >= 4 is 57.9 Å². The molecule has 6 aromatic heterocycles. The molecule has 0 aliphatic rings. The van der Waals surface area contributed by atoms with Crippen LogP contribution < -0.4 is 10.6 Å². The number of aromatic carboxylic acids is 1. The van der Waals surface area contributed by atoms with E-state index in [1.54, 1.807) is 34.2 Å². The summed E-state index contributed by atoms with van der Waals surface area (Å²) in [6.45, 7) is 16.7. The Morgan fingerprint density at radius 1 is 0.634 bits per heavy atom. The molecule has 0 amide bonds. The second-order valence-corrected chi connectivity index (χ2v) is 21.5. The van der Waals surface area contributed by atoms with E-state index in [2.05, 4.69) is 138 Å². The first kappa shape index (κ1) is 51.7. The fourth-order valence-corrected chi connectivity index (χ4v) is 9.75. The third-order valence-electron chi connectivity index (χ3n) is 11.5. The fourth-order valence-electron chi connectivity index (χ4n) is 7.66. The van der Waals surface area contributed by atoms with Gasteiger partial charge in [0.2, 0.25) is 11.9 Å². The second-order valence-electron chi connectivity index (χ2n) is 19.5. The lowest BCUT2D eigenvalue weighted by Crippen LogP contribution is -2.10. The van der Waals surface area contributed by atoms with Crippen molar-refractivity contribution in [3.05, 3.63) is 139 Å². The number of carbonyl (C=O) groups excluding carboxylic acids is 1. The lowest BCUT2D eigenvalue weighted by molar-refractivity contribution is 0.0603. The number of hydrogen-bond acceptors (Lipinski definition) is 15. The maximum absolute atomic E-state index is 12.3. The minimum absolute atomic E-state index is 0.105. The summed E-state index contributed by atoms with van der Waals surface area (Å²) in [6, 6.07) is 16.5. The molecule has 18 heteroatoms. The van der Waals surface area contributed by atoms with Gasteiger partial charge in [-0.2, -0.15) is 10.2 Å². The van der Waals surface area contributed by atoms with Gasteiger partial charge in [0.25, 0.3) is 0 Å². The molecule has 0 atom stereocenters. The molecule has 6 heterocycles. The monoisotopic (exact) mass is 994 g/mol. The number of carboxylic acid groups (broad SMARTS) is 1. The molecule has 0 bridgehead atoms. The minimum atomic E-state index is -0.893. The zero-order valence-corrected chi connectivity index (χ0v) is 43.9. The number of methoxy groups -OCH3 is 1. The number of nitrogens with one attached hydrogen (secondary N) is 2. The molecule has 0 spiro atoms. The molecule has 0 saturated carbocycles. The molecule has 0 radical (unpaired) electrons. The summed E-state index contributed by atoms with van der Waals surface area (Å²) in [5.41, 5.74) is 11.6. The lowest BCUT2D eigenvalue weighted by Gasteiger charge is -2.13. The lowest BCUT2D eigenvalue weighted by atomic mass is 9.97. The van der Waals surface area contributed by atoms with Crippen LogP contribution in [0.4, 0.5) is 23.3 Å². The number of carbonyl (C=O) groups is 2. The molecule has 0 unspecified atom stereocenters. The Hall–Kier alpha value is -7.18. The first-order valence-electron chi connectivity index (χ1n) is 23.4. The van der Waals surface area contributed by atoms with E-state index >= 15 is 0 Å². The van der Waals surface area contributed by atoms with Crippen molar-refractivity contribution in [2.75, 3.05) is 17.7 Å².